The number of hydrogen-bond acceptors (Lipinski definition) is 3. The van der Waals surface area contributed by atoms with E-state index in [0.717, 1.165) is 29.8 Å². The standard InChI is InChI=1S/C24H23F3N2O2/c1-14-8-17-9-16(12-28)4-6-18(17)23(29(14)13-24(2,3)27)22-19(25)10-15(11-20(22)26)5-7-21(30)31/h4-7,9-11,14,23H,8,13H2,1-3H3,(H,30,31)/b7-5+/t14-,23+/m1/s1. The predicted octanol–water partition coefficient (Wildman–Crippen LogP) is 5.02. The summed E-state index contributed by atoms with van der Waals surface area (Å²) in [6.07, 6.45) is 2.42. The maximum Gasteiger partial charge on any atom is 0.328 e. The number of carbonyl (C=O) groups is 1. The van der Waals surface area contributed by atoms with Crippen molar-refractivity contribution in [2.75, 3.05) is 6.54 Å². The summed E-state index contributed by atoms with van der Waals surface area (Å²) in [6.45, 7) is 4.65. The van der Waals surface area contributed by atoms with Crippen LogP contribution in [0.25, 0.3) is 6.08 Å². The molecule has 0 aromatic heterocycles. The Balaban J connectivity index is 2.19. The molecule has 162 valence electrons. The molecule has 0 aliphatic carbocycles. The van der Waals surface area contributed by atoms with E-state index in [1.165, 1.54) is 13.8 Å². The number of fused-ring (bicyclic) bond motifs is 1. The molecule has 0 saturated heterocycles. The molecule has 2 atom stereocenters. The van der Waals surface area contributed by atoms with Crippen LogP contribution in [-0.4, -0.2) is 34.2 Å². The van der Waals surface area contributed by atoms with Crippen LogP contribution in [0.4, 0.5) is 13.2 Å². The van der Waals surface area contributed by atoms with Gasteiger partial charge in [-0.15, -0.1) is 0 Å². The second kappa shape index (κ2) is 8.56. The summed E-state index contributed by atoms with van der Waals surface area (Å²) < 4.78 is 45.0. The van der Waals surface area contributed by atoms with Gasteiger partial charge in [-0.2, -0.15) is 5.26 Å². The van der Waals surface area contributed by atoms with Crippen molar-refractivity contribution in [3.8, 4) is 6.07 Å². The Morgan fingerprint density at radius 2 is 1.94 bits per heavy atom. The highest BCUT2D eigenvalue weighted by Crippen LogP contribution is 2.41. The highest BCUT2D eigenvalue weighted by atomic mass is 19.1. The first-order valence-electron chi connectivity index (χ1n) is 9.87. The summed E-state index contributed by atoms with van der Waals surface area (Å²) in [7, 11) is 0. The van der Waals surface area contributed by atoms with Crippen molar-refractivity contribution in [2.45, 2.75) is 44.9 Å². The Bertz CT molecular complexity index is 1060. The lowest BCUT2D eigenvalue weighted by atomic mass is 9.83. The van der Waals surface area contributed by atoms with Gasteiger partial charge in [0.2, 0.25) is 0 Å². The molecule has 4 nitrogen and oxygen atoms in total. The minimum atomic E-state index is -1.60. The molecule has 1 N–H and O–H groups in total. The fourth-order valence-corrected chi connectivity index (χ4v) is 4.12. The van der Waals surface area contributed by atoms with Gasteiger partial charge in [0, 0.05) is 24.2 Å². The minimum absolute atomic E-state index is 0.0438. The smallest absolute Gasteiger partial charge is 0.328 e. The Morgan fingerprint density at radius 3 is 2.48 bits per heavy atom. The number of rotatable bonds is 5. The van der Waals surface area contributed by atoms with Gasteiger partial charge in [0.15, 0.2) is 0 Å². The van der Waals surface area contributed by atoms with Gasteiger partial charge in [0.25, 0.3) is 0 Å². The number of nitriles is 1. The van der Waals surface area contributed by atoms with Crippen molar-refractivity contribution in [1.29, 1.82) is 5.26 Å². The average Bonchev–Trinajstić information content (AvgIpc) is 2.66. The van der Waals surface area contributed by atoms with E-state index in [1.54, 1.807) is 23.1 Å². The normalized spacial score (nSPS) is 19.3. The Kier molecular flexibility index (Phi) is 6.23. The highest BCUT2D eigenvalue weighted by molar-refractivity contribution is 5.85. The van der Waals surface area contributed by atoms with Gasteiger partial charge in [-0.3, -0.25) is 4.90 Å². The molecule has 1 aliphatic rings. The number of nitrogens with zero attached hydrogens (tertiary/aromatic N) is 2. The second-order valence-corrected chi connectivity index (χ2v) is 8.44. The van der Waals surface area contributed by atoms with E-state index in [-0.39, 0.29) is 23.7 Å². The number of carboxylic acid groups (broad SMARTS) is 1. The lowest BCUT2D eigenvalue weighted by Gasteiger charge is -2.44. The molecular weight excluding hydrogens is 405 g/mol. The third-order valence-electron chi connectivity index (χ3n) is 5.33. The zero-order valence-electron chi connectivity index (χ0n) is 17.5. The third kappa shape index (κ3) is 4.97. The van der Waals surface area contributed by atoms with E-state index in [9.17, 15) is 14.4 Å². The molecule has 3 rings (SSSR count). The summed E-state index contributed by atoms with van der Waals surface area (Å²) in [4.78, 5) is 12.5. The number of benzene rings is 2. The van der Waals surface area contributed by atoms with Gasteiger partial charge in [-0.25, -0.2) is 18.0 Å². The van der Waals surface area contributed by atoms with Gasteiger partial charge < -0.3 is 5.11 Å². The molecule has 1 heterocycles. The Morgan fingerprint density at radius 1 is 1.29 bits per heavy atom. The molecule has 0 spiro atoms. The molecule has 2 aromatic carbocycles. The molecule has 31 heavy (non-hydrogen) atoms. The van der Waals surface area contributed by atoms with Crippen LogP contribution in [0, 0.1) is 23.0 Å². The quantitative estimate of drug-likeness (QED) is 0.680. The number of halogens is 3. The second-order valence-electron chi connectivity index (χ2n) is 8.44. The topological polar surface area (TPSA) is 64.3 Å². The molecular formula is C24H23F3N2O2. The summed E-state index contributed by atoms with van der Waals surface area (Å²) in [5.41, 5.74) is 0.0927. The van der Waals surface area contributed by atoms with Crippen LogP contribution in [0.3, 0.4) is 0 Å². The van der Waals surface area contributed by atoms with Gasteiger partial charge in [-0.05, 0) is 74.2 Å². The monoisotopic (exact) mass is 428 g/mol. The molecule has 0 fully saturated rings. The van der Waals surface area contributed by atoms with Crippen molar-refractivity contribution in [3.63, 3.8) is 0 Å². The molecule has 7 heteroatoms. The van der Waals surface area contributed by atoms with Crippen molar-refractivity contribution >= 4 is 12.0 Å². The summed E-state index contributed by atoms with van der Waals surface area (Å²) in [6, 6.07) is 8.04. The highest BCUT2D eigenvalue weighted by Gasteiger charge is 2.39. The molecule has 0 unspecified atom stereocenters. The zero-order chi connectivity index (χ0) is 22.9. The van der Waals surface area contributed by atoms with Gasteiger partial charge in [0.1, 0.15) is 17.3 Å². The van der Waals surface area contributed by atoms with Crippen LogP contribution >= 0.6 is 0 Å². The lowest BCUT2D eigenvalue weighted by molar-refractivity contribution is -0.131. The van der Waals surface area contributed by atoms with Gasteiger partial charge in [-0.1, -0.05) is 6.07 Å². The zero-order valence-corrected chi connectivity index (χ0v) is 17.5. The minimum Gasteiger partial charge on any atom is -0.478 e. The molecule has 0 radical (unpaired) electrons. The van der Waals surface area contributed by atoms with E-state index in [0.29, 0.717) is 17.5 Å². The van der Waals surface area contributed by atoms with Crippen LogP contribution in [0.2, 0.25) is 0 Å². The average molecular weight is 428 g/mol. The number of hydrogen-bond donors (Lipinski definition) is 1. The summed E-state index contributed by atoms with van der Waals surface area (Å²) in [5.74, 6) is -2.92. The first kappa shape index (κ1) is 22.6. The molecule has 0 amide bonds. The van der Waals surface area contributed by atoms with E-state index >= 15 is 8.78 Å². The fourth-order valence-electron chi connectivity index (χ4n) is 4.12. The maximum absolute atomic E-state index is 15.2. The lowest BCUT2D eigenvalue weighted by Crippen LogP contribution is -2.48. The van der Waals surface area contributed by atoms with Crippen molar-refractivity contribution < 1.29 is 23.1 Å². The molecule has 1 aliphatic heterocycles. The van der Waals surface area contributed by atoms with Crippen LogP contribution in [0.1, 0.15) is 54.6 Å². The van der Waals surface area contributed by atoms with E-state index in [1.807, 2.05) is 6.92 Å². The predicted molar refractivity (Wildman–Crippen MR) is 111 cm³/mol. The van der Waals surface area contributed by atoms with Crippen molar-refractivity contribution in [1.82, 2.24) is 4.90 Å². The van der Waals surface area contributed by atoms with Crippen molar-refractivity contribution in [2.24, 2.45) is 0 Å². The SMILES string of the molecule is C[C@@H]1Cc2cc(C#N)ccc2[C@@H](c2c(F)cc(/C=C/C(=O)O)cc2F)N1CC(C)(C)F. The number of carboxylic acids is 1. The van der Waals surface area contributed by atoms with Crippen LogP contribution in [-0.2, 0) is 11.2 Å². The van der Waals surface area contributed by atoms with E-state index < -0.39 is 29.3 Å². The maximum atomic E-state index is 15.2. The number of alkyl halides is 1. The first-order chi connectivity index (χ1) is 14.5. The van der Waals surface area contributed by atoms with Gasteiger partial charge in [0.05, 0.1) is 17.7 Å². The van der Waals surface area contributed by atoms with Gasteiger partial charge >= 0.3 is 5.97 Å². The third-order valence-corrected chi connectivity index (χ3v) is 5.33. The summed E-state index contributed by atoms with van der Waals surface area (Å²) in [5, 5.41) is 18.0. The first-order valence-corrected chi connectivity index (χ1v) is 9.87. The Hall–Kier alpha value is -3.11. The van der Waals surface area contributed by atoms with Crippen LogP contribution in [0.15, 0.2) is 36.4 Å². The molecule has 0 saturated carbocycles. The molecule has 0 bridgehead atoms. The fraction of sp³-hybridized carbons (Fsp3) is 0.333. The van der Waals surface area contributed by atoms with Crippen LogP contribution < -0.4 is 0 Å². The Labute approximate surface area is 179 Å². The summed E-state index contributed by atoms with van der Waals surface area (Å²) >= 11 is 0. The largest absolute Gasteiger partial charge is 0.478 e. The number of aliphatic carboxylic acids is 1. The van der Waals surface area contributed by atoms with E-state index in [4.69, 9.17) is 5.11 Å². The molecule has 2 aromatic rings. The van der Waals surface area contributed by atoms with E-state index in [2.05, 4.69) is 6.07 Å². The van der Waals surface area contributed by atoms with Crippen molar-refractivity contribution in [3.05, 3.63) is 75.9 Å². The van der Waals surface area contributed by atoms with Crippen LogP contribution in [0.5, 0.6) is 0 Å².